The third kappa shape index (κ3) is 9.20. The van der Waals surface area contributed by atoms with Crippen LogP contribution in [-0.2, 0) is 6.42 Å². The molecule has 0 amide bonds. The molecule has 3 aromatic rings. The smallest absolute Gasteiger partial charge is 0.272 e. The largest absolute Gasteiger partial charge is 0.289 e. The van der Waals surface area contributed by atoms with E-state index < -0.39 is 0 Å². The monoisotopic (exact) mass is 575 g/mol. The quantitative estimate of drug-likeness (QED) is 0.129. The maximum absolute atomic E-state index is 12.5. The Morgan fingerprint density at radius 1 is 0.765 bits per heavy atom. The molecule has 2 aromatic heterocycles. The number of nitrogens with one attached hydrogen (secondary N) is 1. The Bertz CT molecular complexity index is 1020. The number of halogens is 1. The molecule has 34 heavy (non-hydrogen) atoms. The third-order valence-corrected chi connectivity index (χ3v) is 7.41. The van der Waals surface area contributed by atoms with Crippen molar-refractivity contribution in [1.29, 1.82) is 0 Å². The lowest BCUT2D eigenvalue weighted by Gasteiger charge is -2.04. The molecular weight excluding hydrogens is 533 g/mol. The number of H-pyrrole nitrogens is 1. The van der Waals surface area contributed by atoms with E-state index in [4.69, 9.17) is 4.98 Å². The lowest BCUT2D eigenvalue weighted by molar-refractivity contribution is 0.532. The first kappa shape index (κ1) is 27.0. The van der Waals surface area contributed by atoms with Gasteiger partial charge in [0.15, 0.2) is 5.65 Å². The van der Waals surface area contributed by atoms with Crippen molar-refractivity contribution in [3.05, 3.63) is 56.0 Å². The van der Waals surface area contributed by atoms with Crippen LogP contribution in [0.3, 0.4) is 0 Å². The van der Waals surface area contributed by atoms with Crippen molar-refractivity contribution in [2.45, 2.75) is 110 Å². The van der Waals surface area contributed by atoms with Crippen LogP contribution < -0.4 is 5.56 Å². The molecule has 2 heterocycles. The average molecular weight is 576 g/mol. The number of benzene rings is 1. The lowest BCUT2D eigenvalue weighted by Crippen LogP contribution is -2.15. The molecular formula is C29H42IN3O. The van der Waals surface area contributed by atoms with E-state index in [2.05, 4.69) is 58.9 Å². The first-order valence-corrected chi connectivity index (χ1v) is 14.6. The van der Waals surface area contributed by atoms with Gasteiger partial charge in [0.05, 0.1) is 5.69 Å². The van der Waals surface area contributed by atoms with Crippen molar-refractivity contribution < 1.29 is 0 Å². The number of aryl methyl sites for hydroxylation is 1. The zero-order valence-electron chi connectivity index (χ0n) is 21.0. The zero-order valence-corrected chi connectivity index (χ0v) is 23.1. The number of fused-ring (bicyclic) bond motifs is 1. The predicted octanol–water partition coefficient (Wildman–Crippen LogP) is 8.71. The van der Waals surface area contributed by atoms with Gasteiger partial charge >= 0.3 is 0 Å². The summed E-state index contributed by atoms with van der Waals surface area (Å²) in [6.45, 7) is 2.28. The molecule has 0 atom stereocenters. The van der Waals surface area contributed by atoms with Gasteiger partial charge in [-0.05, 0) is 53.1 Å². The normalized spacial score (nSPS) is 11.5. The molecule has 0 aliphatic carbocycles. The van der Waals surface area contributed by atoms with Crippen molar-refractivity contribution in [2.24, 2.45) is 0 Å². The number of unbranched alkanes of at least 4 members (excludes halogenated alkanes) is 14. The maximum atomic E-state index is 12.5. The van der Waals surface area contributed by atoms with Crippen LogP contribution in [0.5, 0.6) is 0 Å². The summed E-state index contributed by atoms with van der Waals surface area (Å²) in [5, 5.41) is 3.19. The molecule has 0 spiro atoms. The highest BCUT2D eigenvalue weighted by Crippen LogP contribution is 2.20. The van der Waals surface area contributed by atoms with E-state index in [0.717, 1.165) is 29.8 Å². The minimum atomic E-state index is -0.0299. The molecule has 3 rings (SSSR count). The van der Waals surface area contributed by atoms with E-state index >= 15 is 0 Å². The Morgan fingerprint density at radius 2 is 1.29 bits per heavy atom. The molecule has 0 aliphatic rings. The van der Waals surface area contributed by atoms with Gasteiger partial charge in [0, 0.05) is 21.4 Å². The maximum Gasteiger partial charge on any atom is 0.272 e. The molecule has 0 fully saturated rings. The molecule has 4 nitrogen and oxygen atoms in total. The summed E-state index contributed by atoms with van der Waals surface area (Å²) in [7, 11) is 0. The molecule has 5 heteroatoms. The molecule has 0 saturated heterocycles. The average Bonchev–Trinajstić information content (AvgIpc) is 3.27. The topological polar surface area (TPSA) is 50.2 Å². The van der Waals surface area contributed by atoms with E-state index in [0.29, 0.717) is 5.65 Å². The van der Waals surface area contributed by atoms with Gasteiger partial charge < -0.3 is 0 Å². The number of rotatable bonds is 17. The summed E-state index contributed by atoms with van der Waals surface area (Å²) < 4.78 is 2.74. The van der Waals surface area contributed by atoms with E-state index in [9.17, 15) is 4.79 Å². The second kappa shape index (κ2) is 15.4. The van der Waals surface area contributed by atoms with Gasteiger partial charge in [0.2, 0.25) is 0 Å². The number of aromatic nitrogens is 3. The minimum absolute atomic E-state index is 0.0299. The summed E-state index contributed by atoms with van der Waals surface area (Å²) in [6.07, 6.45) is 21.3. The third-order valence-electron chi connectivity index (χ3n) is 6.70. The van der Waals surface area contributed by atoms with E-state index in [-0.39, 0.29) is 5.56 Å². The Balaban J connectivity index is 1.28. The van der Waals surface area contributed by atoms with E-state index in [1.807, 2.05) is 6.07 Å². The Kier molecular flexibility index (Phi) is 12.2. The molecule has 1 aromatic carbocycles. The lowest BCUT2D eigenvalue weighted by atomic mass is 10.0. The van der Waals surface area contributed by atoms with Crippen LogP contribution in [0.15, 0.2) is 41.2 Å². The van der Waals surface area contributed by atoms with Crippen LogP contribution in [-0.4, -0.2) is 14.6 Å². The molecule has 0 unspecified atom stereocenters. The number of hydrogen-bond donors (Lipinski definition) is 1. The fraction of sp³-hybridized carbons (Fsp3) is 0.586. The van der Waals surface area contributed by atoms with Gasteiger partial charge in [-0.25, -0.2) is 9.50 Å². The summed E-state index contributed by atoms with van der Waals surface area (Å²) in [5.74, 6) is 0. The van der Waals surface area contributed by atoms with Crippen molar-refractivity contribution in [1.82, 2.24) is 14.6 Å². The molecule has 1 N–H and O–H groups in total. The van der Waals surface area contributed by atoms with Crippen LogP contribution in [0.4, 0.5) is 0 Å². The molecule has 0 radical (unpaired) electrons. The standard InChI is InChI=1S/C29H42IN3O/c1-2-3-4-5-6-7-8-9-10-11-12-13-14-15-16-17-26-22-29(34)33-28(31-26)23-27(32-33)24-18-20-25(30)21-19-24/h18-23,32H,2-17H2,1H3. The van der Waals surface area contributed by atoms with Gasteiger partial charge in [-0.15, -0.1) is 0 Å². The number of hydrogen-bond acceptors (Lipinski definition) is 2. The van der Waals surface area contributed by atoms with Crippen molar-refractivity contribution in [3.8, 4) is 11.3 Å². The highest BCUT2D eigenvalue weighted by atomic mass is 127. The fourth-order valence-electron chi connectivity index (χ4n) is 4.62. The minimum Gasteiger partial charge on any atom is -0.289 e. The first-order valence-electron chi connectivity index (χ1n) is 13.5. The second-order valence-electron chi connectivity index (χ2n) is 9.66. The Hall–Kier alpha value is -1.63. The first-order chi connectivity index (χ1) is 16.7. The molecule has 186 valence electrons. The van der Waals surface area contributed by atoms with Crippen molar-refractivity contribution >= 4 is 28.2 Å². The molecule has 0 bridgehead atoms. The van der Waals surface area contributed by atoms with Crippen LogP contribution in [0, 0.1) is 3.57 Å². The van der Waals surface area contributed by atoms with Crippen LogP contribution in [0.2, 0.25) is 0 Å². The zero-order chi connectivity index (χ0) is 24.0. The second-order valence-corrected chi connectivity index (χ2v) is 10.9. The summed E-state index contributed by atoms with van der Waals surface area (Å²) >= 11 is 2.30. The van der Waals surface area contributed by atoms with Crippen molar-refractivity contribution in [3.63, 3.8) is 0 Å². The highest BCUT2D eigenvalue weighted by Gasteiger charge is 2.08. The summed E-state index contributed by atoms with van der Waals surface area (Å²) in [4.78, 5) is 17.3. The summed E-state index contributed by atoms with van der Waals surface area (Å²) in [5.41, 5.74) is 3.57. The van der Waals surface area contributed by atoms with Gasteiger partial charge in [-0.2, -0.15) is 0 Å². The highest BCUT2D eigenvalue weighted by molar-refractivity contribution is 14.1. The van der Waals surface area contributed by atoms with Gasteiger partial charge in [-0.1, -0.05) is 109 Å². The Morgan fingerprint density at radius 3 is 1.85 bits per heavy atom. The van der Waals surface area contributed by atoms with Crippen LogP contribution in [0.1, 0.15) is 109 Å². The van der Waals surface area contributed by atoms with Gasteiger partial charge in [0.1, 0.15) is 0 Å². The SMILES string of the molecule is CCCCCCCCCCCCCCCCCc1cc(=O)n2[nH]c(-c3ccc(I)cc3)cc2n1. The van der Waals surface area contributed by atoms with E-state index in [1.165, 1.54) is 93.5 Å². The van der Waals surface area contributed by atoms with Crippen LogP contribution >= 0.6 is 22.6 Å². The predicted molar refractivity (Wildman–Crippen MR) is 153 cm³/mol. The molecule has 0 saturated carbocycles. The van der Waals surface area contributed by atoms with Crippen LogP contribution in [0.25, 0.3) is 16.9 Å². The number of nitrogens with zero attached hydrogens (tertiary/aromatic N) is 2. The number of aromatic amines is 1. The van der Waals surface area contributed by atoms with Crippen molar-refractivity contribution in [2.75, 3.05) is 0 Å². The van der Waals surface area contributed by atoms with E-state index in [1.54, 1.807) is 10.6 Å². The van der Waals surface area contributed by atoms with Gasteiger partial charge in [-0.3, -0.25) is 9.89 Å². The molecule has 0 aliphatic heterocycles. The van der Waals surface area contributed by atoms with Gasteiger partial charge in [0.25, 0.3) is 5.56 Å². The Labute approximate surface area is 219 Å². The fourth-order valence-corrected chi connectivity index (χ4v) is 4.98. The summed E-state index contributed by atoms with van der Waals surface area (Å²) in [6, 6.07) is 11.9.